The Labute approximate surface area is 197 Å². The van der Waals surface area contributed by atoms with Crippen LogP contribution in [0.2, 0.25) is 0 Å². The van der Waals surface area contributed by atoms with Crippen LogP contribution in [0.4, 0.5) is 0 Å². The van der Waals surface area contributed by atoms with Crippen molar-refractivity contribution in [3.63, 3.8) is 0 Å². The fourth-order valence-electron chi connectivity index (χ4n) is 4.09. The molecule has 0 amide bonds. The number of fused-ring (bicyclic) bond motifs is 2. The predicted molar refractivity (Wildman–Crippen MR) is 137 cm³/mol. The standard InChI is InChI=1S/C28H24O2S2/c1-18-14-21-16-31-28(32-17-22(21)15-19(18)2)25-11-5-6-13-26(25)30-27(29)24-12-7-9-20-8-3-4-10-23(20)24/h3-15,28H,16-17H2,1-2H3. The van der Waals surface area contributed by atoms with Gasteiger partial charge in [-0.2, -0.15) is 0 Å². The van der Waals surface area contributed by atoms with E-state index < -0.39 is 0 Å². The SMILES string of the molecule is Cc1cc2c(cc1C)CSC(c1ccccc1OC(=O)c1cccc3ccccc13)SC2. The zero-order chi connectivity index (χ0) is 22.1. The minimum absolute atomic E-state index is 0.208. The van der Waals surface area contributed by atoms with Gasteiger partial charge in [-0.15, -0.1) is 23.5 Å². The lowest BCUT2D eigenvalue weighted by molar-refractivity contribution is 0.0735. The van der Waals surface area contributed by atoms with Gasteiger partial charge in [0.05, 0.1) is 10.1 Å². The van der Waals surface area contributed by atoms with E-state index in [4.69, 9.17) is 4.74 Å². The minimum Gasteiger partial charge on any atom is -0.423 e. The van der Waals surface area contributed by atoms with Gasteiger partial charge in [0.25, 0.3) is 0 Å². The molecule has 1 aliphatic rings. The van der Waals surface area contributed by atoms with Crippen molar-refractivity contribution in [2.24, 2.45) is 0 Å². The van der Waals surface area contributed by atoms with Crippen LogP contribution < -0.4 is 4.74 Å². The van der Waals surface area contributed by atoms with E-state index in [9.17, 15) is 4.79 Å². The Balaban J connectivity index is 1.41. The quantitative estimate of drug-likeness (QED) is 0.232. The molecule has 4 heteroatoms. The normalized spacial score (nSPS) is 14.1. The van der Waals surface area contributed by atoms with Gasteiger partial charge >= 0.3 is 5.97 Å². The molecule has 32 heavy (non-hydrogen) atoms. The smallest absolute Gasteiger partial charge is 0.344 e. The van der Waals surface area contributed by atoms with Crippen molar-refractivity contribution in [1.29, 1.82) is 0 Å². The molecule has 0 aromatic heterocycles. The molecule has 0 saturated carbocycles. The largest absolute Gasteiger partial charge is 0.423 e. The van der Waals surface area contributed by atoms with Gasteiger partial charge in [0, 0.05) is 17.1 Å². The summed E-state index contributed by atoms with van der Waals surface area (Å²) in [6.45, 7) is 4.36. The lowest BCUT2D eigenvalue weighted by Crippen LogP contribution is -2.10. The molecule has 0 unspecified atom stereocenters. The molecule has 0 spiro atoms. The number of hydrogen-bond acceptors (Lipinski definition) is 4. The second-order valence-corrected chi connectivity index (χ2v) is 10.6. The number of hydrogen-bond donors (Lipinski definition) is 0. The van der Waals surface area contributed by atoms with Gasteiger partial charge in [-0.3, -0.25) is 0 Å². The summed E-state index contributed by atoms with van der Waals surface area (Å²) in [7, 11) is 0. The van der Waals surface area contributed by atoms with E-state index in [2.05, 4.69) is 32.0 Å². The zero-order valence-electron chi connectivity index (χ0n) is 18.1. The summed E-state index contributed by atoms with van der Waals surface area (Å²) >= 11 is 3.81. The van der Waals surface area contributed by atoms with Crippen LogP contribution in [0.3, 0.4) is 0 Å². The van der Waals surface area contributed by atoms with Crippen molar-refractivity contribution in [1.82, 2.24) is 0 Å². The van der Waals surface area contributed by atoms with Crippen LogP contribution in [0.25, 0.3) is 10.8 Å². The summed E-state index contributed by atoms with van der Waals surface area (Å²) in [6.07, 6.45) is 0. The summed E-state index contributed by atoms with van der Waals surface area (Å²) in [5, 5.41) is 1.95. The van der Waals surface area contributed by atoms with Crippen molar-refractivity contribution in [3.8, 4) is 5.75 Å². The summed E-state index contributed by atoms with van der Waals surface area (Å²) in [5.41, 5.74) is 7.18. The third kappa shape index (κ3) is 4.17. The number of para-hydroxylation sites is 1. The van der Waals surface area contributed by atoms with Crippen LogP contribution in [0.1, 0.15) is 42.8 Å². The number of ether oxygens (including phenoxy) is 1. The van der Waals surface area contributed by atoms with Crippen molar-refractivity contribution in [3.05, 3.63) is 112 Å². The maximum Gasteiger partial charge on any atom is 0.344 e. The van der Waals surface area contributed by atoms with E-state index in [0.29, 0.717) is 11.3 Å². The Bertz CT molecular complexity index is 1270. The average molecular weight is 457 g/mol. The van der Waals surface area contributed by atoms with Gasteiger partial charge in [-0.05, 0) is 59.0 Å². The highest BCUT2D eigenvalue weighted by Gasteiger charge is 2.23. The van der Waals surface area contributed by atoms with Crippen molar-refractivity contribution < 1.29 is 9.53 Å². The first-order valence-electron chi connectivity index (χ1n) is 10.7. The molecule has 1 aliphatic heterocycles. The zero-order valence-corrected chi connectivity index (χ0v) is 19.8. The van der Waals surface area contributed by atoms with Crippen LogP contribution in [-0.4, -0.2) is 5.97 Å². The van der Waals surface area contributed by atoms with Crippen LogP contribution in [-0.2, 0) is 11.5 Å². The van der Waals surface area contributed by atoms with Crippen molar-refractivity contribution in [2.75, 3.05) is 0 Å². The number of carbonyl (C=O) groups excluding carboxylic acids is 1. The third-order valence-corrected chi connectivity index (χ3v) is 8.87. The van der Waals surface area contributed by atoms with Crippen molar-refractivity contribution >= 4 is 40.3 Å². The summed E-state index contributed by atoms with van der Waals surface area (Å²) in [6, 6.07) is 26.3. The second-order valence-electron chi connectivity index (χ2n) is 8.11. The first-order valence-corrected chi connectivity index (χ1v) is 12.8. The molecule has 4 aromatic carbocycles. The highest BCUT2D eigenvalue weighted by atomic mass is 32.2. The number of carbonyl (C=O) groups is 1. The van der Waals surface area contributed by atoms with Crippen LogP contribution in [0, 0.1) is 13.8 Å². The number of thioether (sulfide) groups is 2. The highest BCUT2D eigenvalue weighted by molar-refractivity contribution is 8.15. The molecule has 0 fully saturated rings. The molecular weight excluding hydrogens is 432 g/mol. The molecule has 0 saturated heterocycles. The molecular formula is C28H24O2S2. The van der Waals surface area contributed by atoms with E-state index in [1.165, 1.54) is 22.3 Å². The molecule has 0 N–H and O–H groups in total. The molecule has 0 bridgehead atoms. The van der Waals surface area contributed by atoms with E-state index >= 15 is 0 Å². The Kier molecular flexibility index (Phi) is 5.99. The summed E-state index contributed by atoms with van der Waals surface area (Å²) in [4.78, 5) is 13.1. The molecule has 160 valence electrons. The van der Waals surface area contributed by atoms with E-state index in [1.54, 1.807) is 0 Å². The number of benzene rings is 4. The van der Waals surface area contributed by atoms with Gasteiger partial charge < -0.3 is 4.74 Å². The Morgan fingerprint density at radius 3 is 2.19 bits per heavy atom. The Hall–Kier alpha value is -2.69. The fraction of sp³-hybridized carbons (Fsp3) is 0.179. The third-order valence-electron chi connectivity index (χ3n) is 5.98. The second kappa shape index (κ2) is 9.05. The first kappa shape index (κ1) is 21.2. The highest BCUT2D eigenvalue weighted by Crippen LogP contribution is 2.49. The summed E-state index contributed by atoms with van der Waals surface area (Å²) < 4.78 is 6.19. The lowest BCUT2D eigenvalue weighted by atomic mass is 10.0. The van der Waals surface area contributed by atoms with Crippen molar-refractivity contribution in [2.45, 2.75) is 29.9 Å². The average Bonchev–Trinajstić information content (AvgIpc) is 3.01. The van der Waals surface area contributed by atoms with E-state index in [-0.39, 0.29) is 10.6 Å². The van der Waals surface area contributed by atoms with Crippen LogP contribution >= 0.6 is 23.5 Å². The monoisotopic (exact) mass is 456 g/mol. The van der Waals surface area contributed by atoms with Gasteiger partial charge in [0.1, 0.15) is 5.75 Å². The predicted octanol–water partition coefficient (Wildman–Crippen LogP) is 7.85. The van der Waals surface area contributed by atoms with Gasteiger partial charge in [0.15, 0.2) is 0 Å². The van der Waals surface area contributed by atoms with E-state index in [0.717, 1.165) is 27.8 Å². The van der Waals surface area contributed by atoms with Gasteiger partial charge in [-0.25, -0.2) is 4.79 Å². The summed E-state index contributed by atoms with van der Waals surface area (Å²) in [5.74, 6) is 2.25. The fourth-order valence-corrected chi connectivity index (χ4v) is 6.83. The maximum atomic E-state index is 13.1. The van der Waals surface area contributed by atoms with Crippen LogP contribution in [0.15, 0.2) is 78.9 Å². The first-order chi connectivity index (χ1) is 15.6. The molecule has 1 heterocycles. The molecule has 0 radical (unpaired) electrons. The van der Waals surface area contributed by atoms with E-state index in [1.807, 2.05) is 84.2 Å². The molecule has 4 aromatic rings. The van der Waals surface area contributed by atoms with Gasteiger partial charge in [0.2, 0.25) is 0 Å². The molecule has 5 rings (SSSR count). The van der Waals surface area contributed by atoms with Gasteiger partial charge in [-0.1, -0.05) is 66.7 Å². The number of aryl methyl sites for hydroxylation is 2. The maximum absolute atomic E-state index is 13.1. The lowest BCUT2D eigenvalue weighted by Gasteiger charge is -2.17. The topological polar surface area (TPSA) is 26.3 Å². The minimum atomic E-state index is -0.313. The Morgan fingerprint density at radius 1 is 0.812 bits per heavy atom. The van der Waals surface area contributed by atoms with Crippen LogP contribution in [0.5, 0.6) is 5.75 Å². The molecule has 0 atom stereocenters. The number of esters is 1. The molecule has 2 nitrogen and oxygen atoms in total. The molecule has 0 aliphatic carbocycles. The number of rotatable bonds is 3. The Morgan fingerprint density at radius 2 is 1.44 bits per heavy atom.